The molecule has 0 fully saturated rings. The second-order valence-electron chi connectivity index (χ2n) is 2.78. The van der Waals surface area contributed by atoms with E-state index in [4.69, 9.17) is 5.11 Å². The van der Waals surface area contributed by atoms with Crippen LogP contribution >= 0.6 is 0 Å². The third-order valence-corrected chi connectivity index (χ3v) is 1.63. The van der Waals surface area contributed by atoms with Gasteiger partial charge in [-0.05, 0) is 0 Å². The number of halogens is 11. The molecule has 13 heteroatoms. The Morgan fingerprint density at radius 2 is 0.722 bits per heavy atom. The normalized spacial score (nSPS) is 15.3. The van der Waals surface area contributed by atoms with Gasteiger partial charge in [0.1, 0.15) is 0 Å². The summed E-state index contributed by atoms with van der Waals surface area (Å²) in [5, 5.41) is 7.83. The predicted molar refractivity (Wildman–Crippen MR) is 35.2 cm³/mol. The van der Waals surface area contributed by atoms with E-state index in [1.165, 1.54) is 0 Å². The van der Waals surface area contributed by atoms with Crippen LogP contribution in [0.4, 0.5) is 48.3 Å². The maximum atomic E-state index is 12.2. The Bertz CT molecular complexity index is 271. The molecule has 0 aliphatic carbocycles. The Labute approximate surface area is 134 Å². The molecule has 18 heavy (non-hydrogen) atoms. The number of aliphatic hydroxyl groups is 1. The number of hydrogen-bond acceptors (Lipinski definition) is 1. The Kier molecular flexibility index (Phi) is 6.24. The molecule has 0 bridgehead atoms. The van der Waals surface area contributed by atoms with Crippen LogP contribution < -0.4 is 0 Å². The van der Waals surface area contributed by atoms with Gasteiger partial charge in [-0.1, -0.05) is 0 Å². The third kappa shape index (κ3) is 3.11. The molecule has 0 atom stereocenters. The zero-order valence-electron chi connectivity index (χ0n) is 7.10. The molecule has 0 aliphatic heterocycles. The monoisotopic (exact) mass is 326 g/mol. The van der Waals surface area contributed by atoms with Crippen LogP contribution in [0.15, 0.2) is 0 Å². The minimum atomic E-state index is -7.43. The zero-order valence-corrected chi connectivity index (χ0v) is 7.10. The van der Waals surface area contributed by atoms with Crippen molar-refractivity contribution >= 4 is 51.4 Å². The van der Waals surface area contributed by atoms with E-state index in [0.717, 1.165) is 0 Å². The van der Waals surface area contributed by atoms with E-state index in [-0.39, 0.29) is 51.4 Å². The molecule has 1 N–H and O–H groups in total. The molecule has 0 radical (unpaired) electrons. The molecule has 0 heterocycles. The first-order valence-corrected chi connectivity index (χ1v) is 3.30. The van der Waals surface area contributed by atoms with Gasteiger partial charge in [-0.15, -0.1) is 0 Å². The average Bonchev–Trinajstić information content (AvgIpc) is 1.95. The van der Waals surface area contributed by atoms with Gasteiger partial charge in [0, 0.05) is 0 Å². The number of hydrogen-bond donors (Lipinski definition) is 1. The first-order chi connectivity index (χ1) is 7.00. The van der Waals surface area contributed by atoms with E-state index in [1.807, 2.05) is 0 Å². The van der Waals surface area contributed by atoms with Crippen LogP contribution in [-0.2, 0) is 0 Å². The van der Waals surface area contributed by atoms with E-state index in [0.29, 0.717) is 0 Å². The quantitative estimate of drug-likeness (QED) is 0.580. The van der Waals surface area contributed by atoms with Gasteiger partial charge in [0.2, 0.25) is 0 Å². The number of alkyl halides is 11. The molecule has 0 saturated carbocycles. The molecule has 0 amide bonds. The van der Waals surface area contributed by atoms with Gasteiger partial charge in [-0.2, -0.15) is 48.3 Å². The molecular weight excluding hydrogens is 324 g/mol. The first kappa shape index (κ1) is 21.1. The van der Waals surface area contributed by atoms with Crippen molar-refractivity contribution in [1.82, 2.24) is 0 Å². The molecule has 0 rings (SSSR count). The summed E-state index contributed by atoms with van der Waals surface area (Å²) in [4.78, 5) is 0. The van der Waals surface area contributed by atoms with Crippen LogP contribution in [-0.4, -0.2) is 86.5 Å². The summed E-state index contributed by atoms with van der Waals surface area (Å²) in [5.74, 6) is -7.43. The minimum absolute atomic E-state index is 0. The molecule has 0 saturated heterocycles. The van der Waals surface area contributed by atoms with Crippen molar-refractivity contribution in [3.05, 3.63) is 0 Å². The number of rotatable bonds is 1. The van der Waals surface area contributed by atoms with E-state index in [1.54, 1.807) is 0 Å². The summed E-state index contributed by atoms with van der Waals surface area (Å²) in [6.07, 6.45) is -21.7. The van der Waals surface area contributed by atoms with E-state index < -0.39 is 30.1 Å². The summed E-state index contributed by atoms with van der Waals surface area (Å²) in [5.41, 5.74) is -7.20. The Hall–Kier alpha value is 0.826. The van der Waals surface area contributed by atoms with Gasteiger partial charge in [0.25, 0.3) is 0 Å². The fraction of sp³-hybridized carbons (Fsp3) is 1.00. The van der Waals surface area contributed by atoms with Crippen molar-refractivity contribution < 1.29 is 53.4 Å². The van der Waals surface area contributed by atoms with Gasteiger partial charge >= 0.3 is 81.4 Å². The van der Waals surface area contributed by atoms with Crippen molar-refractivity contribution in [2.24, 2.45) is 0 Å². The van der Waals surface area contributed by atoms with Gasteiger partial charge < -0.3 is 5.11 Å². The Morgan fingerprint density at radius 3 is 0.778 bits per heavy atom. The summed E-state index contributed by atoms with van der Waals surface area (Å²) in [6.45, 7) is 0. The van der Waals surface area contributed by atoms with E-state index in [9.17, 15) is 48.3 Å². The van der Waals surface area contributed by atoms with Crippen molar-refractivity contribution in [3.63, 3.8) is 0 Å². The fourth-order valence-corrected chi connectivity index (χ4v) is 0.722. The van der Waals surface area contributed by atoms with E-state index in [2.05, 4.69) is 0 Å². The SMILES string of the molecule is OC(C(F)(F)F)(C(F)(F)F)C(F)(F)C(F)(F)F.[KH]. The molecule has 0 spiro atoms. The second kappa shape index (κ2) is 5.31. The molecule has 1 nitrogen and oxygen atoms in total. The van der Waals surface area contributed by atoms with Crippen LogP contribution in [0.1, 0.15) is 0 Å². The second-order valence-corrected chi connectivity index (χ2v) is 2.78. The maximum absolute atomic E-state index is 12.2. The summed E-state index contributed by atoms with van der Waals surface area (Å²) < 4.78 is 129. The van der Waals surface area contributed by atoms with Crippen LogP contribution in [0.3, 0.4) is 0 Å². The topological polar surface area (TPSA) is 20.2 Å². The molecule has 0 aromatic carbocycles. The zero-order chi connectivity index (χ0) is 14.5. The third-order valence-electron chi connectivity index (χ3n) is 1.63. The van der Waals surface area contributed by atoms with Gasteiger partial charge in [0.15, 0.2) is 0 Å². The predicted octanol–water partition coefficient (Wildman–Crippen LogP) is 2.39. The molecule has 106 valence electrons. The standard InChI is InChI=1S/C5HF11O.K.H/c6-2(7,5(14,15)16)1(17,3(8,9)10)4(11,12)13;;/h17H;;. The molecule has 0 aromatic rings. The van der Waals surface area contributed by atoms with Crippen molar-refractivity contribution in [3.8, 4) is 0 Å². The first-order valence-electron chi connectivity index (χ1n) is 3.30. The van der Waals surface area contributed by atoms with Crippen LogP contribution in [0.5, 0.6) is 0 Å². The van der Waals surface area contributed by atoms with Crippen molar-refractivity contribution in [2.45, 2.75) is 30.1 Å². The van der Waals surface area contributed by atoms with Crippen LogP contribution in [0.25, 0.3) is 0 Å². The van der Waals surface area contributed by atoms with Gasteiger partial charge in [-0.3, -0.25) is 0 Å². The summed E-state index contributed by atoms with van der Waals surface area (Å²) in [6, 6.07) is 0. The molecule has 0 aliphatic rings. The Balaban J connectivity index is 0. The summed E-state index contributed by atoms with van der Waals surface area (Å²) in [7, 11) is 0. The van der Waals surface area contributed by atoms with Crippen molar-refractivity contribution in [2.75, 3.05) is 0 Å². The van der Waals surface area contributed by atoms with E-state index >= 15 is 0 Å². The molecule has 0 aromatic heterocycles. The van der Waals surface area contributed by atoms with Crippen molar-refractivity contribution in [1.29, 1.82) is 0 Å². The fourth-order valence-electron chi connectivity index (χ4n) is 0.722. The molecular formula is C5H2F11KO. The Morgan fingerprint density at radius 1 is 0.500 bits per heavy atom. The van der Waals surface area contributed by atoms with Gasteiger partial charge in [-0.25, -0.2) is 0 Å². The van der Waals surface area contributed by atoms with Gasteiger partial charge in [0.05, 0.1) is 0 Å². The summed E-state index contributed by atoms with van der Waals surface area (Å²) >= 11 is 0. The molecule has 0 unspecified atom stereocenters. The van der Waals surface area contributed by atoms with Crippen LogP contribution in [0.2, 0.25) is 0 Å². The average molecular weight is 326 g/mol. The van der Waals surface area contributed by atoms with Crippen LogP contribution in [0, 0.1) is 0 Å².